The van der Waals surface area contributed by atoms with Crippen LogP contribution in [0.1, 0.15) is 78.6 Å². The number of rotatable bonds is 19. The Morgan fingerprint density at radius 1 is 0.745 bits per heavy atom. The van der Waals surface area contributed by atoms with Crippen molar-refractivity contribution in [2.24, 2.45) is 0 Å². The Kier molecular flexibility index (Phi) is 18.6. The van der Waals surface area contributed by atoms with Crippen LogP contribution in [0.3, 0.4) is 0 Å². The molecule has 0 saturated carbocycles. The molecule has 0 aromatic carbocycles. The summed E-state index contributed by atoms with van der Waals surface area (Å²) in [6.45, 7) is 6.46. The normalized spacial score (nSPS) is 14.6. The van der Waals surface area contributed by atoms with Crippen molar-refractivity contribution in [2.45, 2.75) is 84.2 Å². The van der Waals surface area contributed by atoms with Crippen molar-refractivity contribution in [3.05, 3.63) is 0 Å². The number of hydrogen-bond acceptors (Lipinski definition) is 13. The number of alkyl carbamates (subject to hydrolysis) is 1. The Morgan fingerprint density at radius 3 is 1.60 bits per heavy atom. The van der Waals surface area contributed by atoms with E-state index in [1.165, 1.54) is 28.4 Å². The average Bonchev–Trinajstić information content (AvgIpc) is 3.63. The van der Waals surface area contributed by atoms with Gasteiger partial charge in [0.25, 0.3) is 0 Å². The maximum Gasteiger partial charge on any atom is 0.407 e. The molecule has 2 aliphatic heterocycles. The Morgan fingerprint density at radius 2 is 1.19 bits per heavy atom. The van der Waals surface area contributed by atoms with Gasteiger partial charge in [0.05, 0.1) is 13.1 Å². The van der Waals surface area contributed by atoms with Crippen LogP contribution in [0, 0.1) is 0 Å². The summed E-state index contributed by atoms with van der Waals surface area (Å²) in [7, 11) is 0. The zero-order valence-corrected chi connectivity index (χ0v) is 30.6. The van der Waals surface area contributed by atoms with E-state index in [1.807, 2.05) is 0 Å². The van der Waals surface area contributed by atoms with Crippen molar-refractivity contribution in [3.63, 3.8) is 0 Å². The Bertz CT molecular complexity index is 1080. The topological polar surface area (TPSA) is 152 Å². The fourth-order valence-corrected chi connectivity index (χ4v) is 6.87. The van der Waals surface area contributed by atoms with E-state index >= 15 is 0 Å². The molecule has 0 bridgehead atoms. The number of esters is 2. The van der Waals surface area contributed by atoms with Crippen LogP contribution in [0.15, 0.2) is 0 Å². The lowest BCUT2D eigenvalue weighted by atomic mass is 10.2. The zero-order valence-electron chi connectivity index (χ0n) is 27.4. The van der Waals surface area contributed by atoms with Crippen LogP contribution in [-0.4, -0.2) is 122 Å². The molecule has 0 aromatic heterocycles. The Labute approximate surface area is 295 Å². The first-order valence-corrected chi connectivity index (χ1v) is 18.6. The number of nitrogens with one attached hydrogen (secondary N) is 1. The lowest BCUT2D eigenvalue weighted by molar-refractivity contribution is -0.148. The number of carbonyl (C=O) groups is 6. The van der Waals surface area contributed by atoms with Gasteiger partial charge in [-0.1, -0.05) is 48.0 Å². The van der Waals surface area contributed by atoms with Crippen LogP contribution in [0.4, 0.5) is 4.79 Å². The monoisotopic (exact) mass is 734 g/mol. The largest absolute Gasteiger partial charge is 0.464 e. The standard InChI is InChI=1S/C30H46N4O9S4/c1-30(2,3)43-27(40)31-13-12-22(35)32(14-18-41-25(38)10-6-4-8-23(36)33-16-20-46-28(33)44)15-19-42-26(39)11-7-5-9-24(37)34-17-21-47-29(34)45/h4-21H2,1-3H3,(H,31,40). The molecule has 0 unspecified atom stereocenters. The van der Waals surface area contributed by atoms with E-state index < -0.39 is 23.6 Å². The summed E-state index contributed by atoms with van der Waals surface area (Å²) < 4.78 is 17.0. The molecule has 264 valence electrons. The molecule has 0 radical (unpaired) electrons. The molecular formula is C30H46N4O9S4. The number of unbranched alkanes of at least 4 members (excludes halogenated alkanes) is 2. The maximum absolute atomic E-state index is 12.9. The molecule has 2 heterocycles. The van der Waals surface area contributed by atoms with Crippen molar-refractivity contribution < 1.29 is 43.0 Å². The van der Waals surface area contributed by atoms with Crippen LogP contribution in [0.2, 0.25) is 0 Å². The minimum absolute atomic E-state index is 0.0307. The number of ether oxygens (including phenoxy) is 3. The molecule has 2 aliphatic rings. The van der Waals surface area contributed by atoms with Crippen molar-refractivity contribution in [2.75, 3.05) is 57.4 Å². The van der Waals surface area contributed by atoms with Crippen LogP contribution >= 0.6 is 48.0 Å². The molecule has 0 spiro atoms. The summed E-state index contributed by atoms with van der Waals surface area (Å²) in [4.78, 5) is 78.5. The highest BCUT2D eigenvalue weighted by molar-refractivity contribution is 8.23. The molecule has 2 rings (SSSR count). The predicted octanol–water partition coefficient (Wildman–Crippen LogP) is 3.66. The third kappa shape index (κ3) is 16.9. The van der Waals surface area contributed by atoms with Gasteiger partial charge in [-0.25, -0.2) is 4.79 Å². The first-order chi connectivity index (χ1) is 22.3. The molecule has 2 fully saturated rings. The quantitative estimate of drug-likeness (QED) is 0.0891. The first kappa shape index (κ1) is 40.7. The van der Waals surface area contributed by atoms with Crippen molar-refractivity contribution in [3.8, 4) is 0 Å². The molecule has 1 N–H and O–H groups in total. The second-order valence-corrected chi connectivity index (χ2v) is 15.2. The summed E-state index contributed by atoms with van der Waals surface area (Å²) in [6, 6.07) is 0. The van der Waals surface area contributed by atoms with E-state index in [-0.39, 0.29) is 69.8 Å². The maximum atomic E-state index is 12.9. The fraction of sp³-hybridized carbons (Fsp3) is 0.733. The second-order valence-electron chi connectivity index (χ2n) is 11.7. The fourth-order valence-electron chi connectivity index (χ4n) is 4.39. The highest BCUT2D eigenvalue weighted by atomic mass is 32.2. The SMILES string of the molecule is CC(C)(C)OC(=O)NCCC(=O)N(CCOC(=O)CCCCC(=O)N1CCSC1=S)CCOC(=O)CCCCC(=O)N1CCSC1=S. The van der Waals surface area contributed by atoms with E-state index in [0.717, 1.165) is 11.5 Å². The second kappa shape index (κ2) is 21.5. The predicted molar refractivity (Wildman–Crippen MR) is 188 cm³/mol. The minimum Gasteiger partial charge on any atom is -0.464 e. The van der Waals surface area contributed by atoms with Gasteiger partial charge in [-0.2, -0.15) is 0 Å². The lowest BCUT2D eigenvalue weighted by Crippen LogP contribution is -2.40. The minimum atomic E-state index is -0.681. The summed E-state index contributed by atoms with van der Waals surface area (Å²) in [5.74, 6) is 0.301. The van der Waals surface area contributed by atoms with Gasteiger partial charge in [-0.05, 0) is 46.5 Å². The molecule has 2 saturated heterocycles. The number of carbonyl (C=O) groups excluding carboxylic acids is 6. The smallest absolute Gasteiger partial charge is 0.407 e. The molecule has 0 atom stereocenters. The van der Waals surface area contributed by atoms with Crippen molar-refractivity contribution in [1.82, 2.24) is 20.0 Å². The Hall–Kier alpha value is -2.50. The molecule has 13 nitrogen and oxygen atoms in total. The van der Waals surface area contributed by atoms with E-state index in [1.54, 1.807) is 30.6 Å². The number of thioether (sulfide) groups is 2. The van der Waals surface area contributed by atoms with Crippen molar-refractivity contribution >= 4 is 92.4 Å². The van der Waals surface area contributed by atoms with Gasteiger partial charge in [0.15, 0.2) is 0 Å². The number of amides is 4. The number of hydrogen-bond donors (Lipinski definition) is 1. The van der Waals surface area contributed by atoms with Crippen LogP contribution < -0.4 is 5.32 Å². The molecule has 0 aromatic rings. The van der Waals surface area contributed by atoms with Gasteiger partial charge < -0.3 is 24.4 Å². The van der Waals surface area contributed by atoms with Crippen molar-refractivity contribution in [1.29, 1.82) is 0 Å². The van der Waals surface area contributed by atoms with E-state index in [4.69, 9.17) is 38.6 Å². The zero-order chi connectivity index (χ0) is 34.8. The molecular weight excluding hydrogens is 689 g/mol. The van der Waals surface area contributed by atoms with Gasteiger partial charge >= 0.3 is 18.0 Å². The van der Waals surface area contributed by atoms with Gasteiger partial charge in [0.1, 0.15) is 27.5 Å². The van der Waals surface area contributed by atoms with Gasteiger partial charge in [-0.3, -0.25) is 33.8 Å². The molecule has 0 aliphatic carbocycles. The number of thiocarbonyl (C=S) groups is 2. The highest BCUT2D eigenvalue weighted by Gasteiger charge is 2.25. The summed E-state index contributed by atoms with van der Waals surface area (Å²) >= 11 is 13.3. The Balaban J connectivity index is 1.72. The summed E-state index contributed by atoms with van der Waals surface area (Å²) in [5, 5.41) is 2.54. The first-order valence-electron chi connectivity index (χ1n) is 15.8. The van der Waals surface area contributed by atoms with Crippen LogP contribution in [0.5, 0.6) is 0 Å². The average molecular weight is 735 g/mol. The number of nitrogens with zero attached hydrogens (tertiary/aromatic N) is 3. The highest BCUT2D eigenvalue weighted by Crippen LogP contribution is 2.20. The van der Waals surface area contributed by atoms with Gasteiger partial charge in [0.2, 0.25) is 17.7 Å². The summed E-state index contributed by atoms with van der Waals surface area (Å²) in [5.41, 5.74) is -0.681. The summed E-state index contributed by atoms with van der Waals surface area (Å²) in [6.07, 6.45) is 2.20. The van der Waals surface area contributed by atoms with E-state index in [2.05, 4.69) is 5.32 Å². The lowest BCUT2D eigenvalue weighted by Gasteiger charge is -2.23. The van der Waals surface area contributed by atoms with E-state index in [0.29, 0.717) is 60.3 Å². The molecule has 4 amide bonds. The van der Waals surface area contributed by atoms with Gasteiger partial charge in [-0.15, -0.1) is 0 Å². The van der Waals surface area contributed by atoms with E-state index in [9.17, 15) is 28.8 Å². The molecule has 47 heavy (non-hydrogen) atoms. The third-order valence-corrected chi connectivity index (χ3v) is 9.63. The van der Waals surface area contributed by atoms with Crippen LogP contribution in [-0.2, 0) is 38.2 Å². The van der Waals surface area contributed by atoms with Crippen LogP contribution in [0.25, 0.3) is 0 Å². The van der Waals surface area contributed by atoms with Gasteiger partial charge in [0, 0.05) is 63.2 Å². The molecule has 17 heteroatoms. The third-order valence-electron chi connectivity index (χ3n) is 6.78.